The van der Waals surface area contributed by atoms with Gasteiger partial charge in [0.05, 0.1) is 5.60 Å². The maximum Gasteiger partial charge on any atom is 0.313 e. The maximum atomic E-state index is 14.9. The van der Waals surface area contributed by atoms with Crippen LogP contribution in [0.15, 0.2) is 36.7 Å². The van der Waals surface area contributed by atoms with E-state index in [1.165, 1.54) is 18.2 Å². The Balaban J connectivity index is 2.37. The number of alkyl halides is 2. The van der Waals surface area contributed by atoms with Crippen molar-refractivity contribution in [3.63, 3.8) is 0 Å². The van der Waals surface area contributed by atoms with E-state index in [1.807, 2.05) is 0 Å². The van der Waals surface area contributed by atoms with Crippen LogP contribution in [0.1, 0.15) is 58.3 Å². The Hall–Kier alpha value is -1.03. The van der Waals surface area contributed by atoms with E-state index < -0.39 is 22.8 Å². The smallest absolute Gasteiger partial charge is 0.313 e. The molecule has 1 fully saturated rings. The van der Waals surface area contributed by atoms with Crippen molar-refractivity contribution in [1.82, 2.24) is 0 Å². The number of unbranched alkanes of at least 4 members (excludes halogenated alkanes) is 2. The zero-order valence-electron chi connectivity index (χ0n) is 13.9. The number of halogens is 3. The van der Waals surface area contributed by atoms with Crippen LogP contribution < -0.4 is 0 Å². The van der Waals surface area contributed by atoms with Gasteiger partial charge in [-0.3, -0.25) is 0 Å². The zero-order valence-corrected chi connectivity index (χ0v) is 13.9. The largest absolute Gasteiger partial charge is 0.374 e. The Morgan fingerprint density at radius 1 is 1.22 bits per heavy atom. The van der Waals surface area contributed by atoms with Gasteiger partial charge in [-0.1, -0.05) is 57.3 Å². The molecule has 0 aliphatic heterocycles. The summed E-state index contributed by atoms with van der Waals surface area (Å²) >= 11 is 0. The third-order valence-corrected chi connectivity index (χ3v) is 5.28. The van der Waals surface area contributed by atoms with Gasteiger partial charge in [0, 0.05) is 6.61 Å². The summed E-state index contributed by atoms with van der Waals surface area (Å²) < 4.78 is 49.8. The van der Waals surface area contributed by atoms with E-state index in [0.717, 1.165) is 44.6 Å². The molecule has 0 amide bonds. The van der Waals surface area contributed by atoms with Crippen LogP contribution in [0.25, 0.3) is 0 Å². The van der Waals surface area contributed by atoms with Crippen LogP contribution in [0.5, 0.6) is 0 Å². The highest BCUT2D eigenvalue weighted by atomic mass is 19.3. The lowest BCUT2D eigenvalue weighted by Crippen LogP contribution is -2.59. The fourth-order valence-corrected chi connectivity index (χ4v) is 3.93. The fraction of sp³-hybridized carbons (Fsp3) is 0.684. The second-order valence-corrected chi connectivity index (χ2v) is 6.63. The molecule has 0 spiro atoms. The second kappa shape index (κ2) is 7.25. The van der Waals surface area contributed by atoms with Gasteiger partial charge in [-0.2, -0.15) is 8.78 Å². The normalized spacial score (nSPS) is 29.1. The average molecular weight is 328 g/mol. The van der Waals surface area contributed by atoms with Gasteiger partial charge >= 0.3 is 5.92 Å². The summed E-state index contributed by atoms with van der Waals surface area (Å²) in [5.74, 6) is -5.02. The van der Waals surface area contributed by atoms with E-state index in [2.05, 4.69) is 13.5 Å². The number of hydrogen-bond donors (Lipinski definition) is 0. The first-order valence-corrected chi connectivity index (χ1v) is 8.66. The summed E-state index contributed by atoms with van der Waals surface area (Å²) in [6.07, 6.45) is 11.4. The molecule has 0 saturated heterocycles. The lowest BCUT2D eigenvalue weighted by molar-refractivity contribution is -0.200. The molecule has 0 bridgehead atoms. The van der Waals surface area contributed by atoms with Crippen LogP contribution in [0.2, 0.25) is 0 Å². The molecule has 2 aliphatic rings. The molecule has 1 atom stereocenters. The van der Waals surface area contributed by atoms with E-state index in [-0.39, 0.29) is 0 Å². The maximum absolute atomic E-state index is 14.9. The van der Waals surface area contributed by atoms with E-state index >= 15 is 0 Å². The van der Waals surface area contributed by atoms with Crippen molar-refractivity contribution in [2.45, 2.75) is 69.8 Å². The number of ether oxygens (including phenoxy) is 1. The minimum Gasteiger partial charge on any atom is -0.374 e. The molecule has 1 nitrogen and oxygen atoms in total. The summed E-state index contributed by atoms with van der Waals surface area (Å²) in [6.45, 7) is 6.16. The van der Waals surface area contributed by atoms with Gasteiger partial charge in [0.1, 0.15) is 5.41 Å². The number of hydrogen-bond acceptors (Lipinski definition) is 1. The number of rotatable bonds is 7. The van der Waals surface area contributed by atoms with Crippen molar-refractivity contribution in [2.24, 2.45) is 5.41 Å². The Labute approximate surface area is 137 Å². The summed E-state index contributed by atoms with van der Waals surface area (Å²) in [5.41, 5.74) is -2.89. The van der Waals surface area contributed by atoms with Crippen molar-refractivity contribution >= 4 is 0 Å². The highest BCUT2D eigenvalue weighted by Gasteiger charge is 2.66. The molecule has 4 heteroatoms. The van der Waals surface area contributed by atoms with Crippen molar-refractivity contribution in [3.8, 4) is 0 Å². The van der Waals surface area contributed by atoms with Gasteiger partial charge in [-0.25, -0.2) is 4.39 Å². The summed E-state index contributed by atoms with van der Waals surface area (Å²) in [6, 6.07) is 0. The second-order valence-electron chi connectivity index (χ2n) is 6.63. The topological polar surface area (TPSA) is 9.23 Å². The van der Waals surface area contributed by atoms with Crippen LogP contribution in [0.4, 0.5) is 13.2 Å². The summed E-state index contributed by atoms with van der Waals surface area (Å²) in [7, 11) is 0. The van der Waals surface area contributed by atoms with Gasteiger partial charge in [0.25, 0.3) is 0 Å². The first kappa shape index (κ1) is 18.3. The Morgan fingerprint density at radius 3 is 2.52 bits per heavy atom. The van der Waals surface area contributed by atoms with Crippen molar-refractivity contribution < 1.29 is 17.9 Å². The van der Waals surface area contributed by atoms with Crippen LogP contribution in [-0.4, -0.2) is 18.1 Å². The van der Waals surface area contributed by atoms with E-state index in [0.29, 0.717) is 19.4 Å². The highest BCUT2D eigenvalue weighted by molar-refractivity contribution is 5.37. The SMILES string of the molecule is C=CC1(C2(OCCCCC)CCCCC2)C=CC=C(F)C1(F)F. The monoisotopic (exact) mass is 328 g/mol. The zero-order chi connectivity index (χ0) is 17.0. The summed E-state index contributed by atoms with van der Waals surface area (Å²) in [4.78, 5) is 0. The first-order valence-electron chi connectivity index (χ1n) is 8.66. The molecule has 1 saturated carbocycles. The van der Waals surface area contributed by atoms with Crippen LogP contribution >= 0.6 is 0 Å². The highest BCUT2D eigenvalue weighted by Crippen LogP contribution is 2.59. The van der Waals surface area contributed by atoms with Gasteiger partial charge in [0.2, 0.25) is 0 Å². The molecule has 0 radical (unpaired) electrons. The van der Waals surface area contributed by atoms with Crippen molar-refractivity contribution in [3.05, 3.63) is 36.7 Å². The third kappa shape index (κ3) is 3.02. The summed E-state index contributed by atoms with van der Waals surface area (Å²) in [5, 5.41) is 0. The molecule has 0 aromatic heterocycles. The Bertz CT molecular complexity index is 475. The van der Waals surface area contributed by atoms with Crippen molar-refractivity contribution in [1.29, 1.82) is 0 Å². The Morgan fingerprint density at radius 2 is 1.91 bits per heavy atom. The molecule has 23 heavy (non-hydrogen) atoms. The molecule has 0 heterocycles. The lowest BCUT2D eigenvalue weighted by Gasteiger charge is -2.53. The molecule has 130 valence electrons. The van der Waals surface area contributed by atoms with Crippen LogP contribution in [-0.2, 0) is 4.74 Å². The molecule has 0 N–H and O–H groups in total. The molecule has 2 rings (SSSR count). The van der Waals surface area contributed by atoms with Crippen LogP contribution in [0, 0.1) is 5.41 Å². The van der Waals surface area contributed by atoms with E-state index in [1.54, 1.807) is 0 Å². The van der Waals surface area contributed by atoms with Gasteiger partial charge in [-0.15, -0.1) is 6.58 Å². The fourth-order valence-electron chi connectivity index (χ4n) is 3.93. The predicted molar refractivity (Wildman–Crippen MR) is 87.2 cm³/mol. The minimum atomic E-state index is -3.62. The van der Waals surface area contributed by atoms with Gasteiger partial charge < -0.3 is 4.74 Å². The standard InChI is InChI=1S/C19H27F3O/c1-3-5-9-15-23-18(13-7-6-8-14-18)17(4-2)12-10-11-16(20)19(17,21)22/h4,10-12H,2-3,5-9,13-15H2,1H3. The van der Waals surface area contributed by atoms with E-state index in [9.17, 15) is 13.2 Å². The first-order chi connectivity index (χ1) is 11.0. The van der Waals surface area contributed by atoms with Gasteiger partial charge in [0.15, 0.2) is 5.83 Å². The molecule has 1 unspecified atom stereocenters. The molecular weight excluding hydrogens is 301 g/mol. The molecule has 2 aliphatic carbocycles. The quantitative estimate of drug-likeness (QED) is 0.404. The minimum absolute atomic E-state index is 0.429. The molecule has 0 aromatic carbocycles. The average Bonchev–Trinajstić information content (AvgIpc) is 2.55. The third-order valence-electron chi connectivity index (χ3n) is 5.28. The lowest BCUT2D eigenvalue weighted by atomic mass is 9.60. The molecule has 0 aromatic rings. The predicted octanol–water partition coefficient (Wildman–Crippen LogP) is 6.13. The van der Waals surface area contributed by atoms with Crippen molar-refractivity contribution in [2.75, 3.05) is 6.61 Å². The van der Waals surface area contributed by atoms with E-state index in [4.69, 9.17) is 4.74 Å². The molecular formula is C19H27F3O. The number of allylic oxidation sites excluding steroid dienone is 3. The Kier molecular flexibility index (Phi) is 5.77. The van der Waals surface area contributed by atoms with Gasteiger partial charge in [-0.05, 0) is 25.3 Å². The van der Waals surface area contributed by atoms with Crippen LogP contribution in [0.3, 0.4) is 0 Å².